The number of nitrogens with zero attached hydrogens (tertiary/aromatic N) is 2. The Labute approximate surface area is 232 Å². The van der Waals surface area contributed by atoms with E-state index < -0.39 is 0 Å². The normalized spacial score (nSPS) is 25.4. The van der Waals surface area contributed by atoms with Gasteiger partial charge in [0.05, 0.1) is 0 Å². The second-order valence-electron chi connectivity index (χ2n) is 11.5. The monoisotopic (exact) mass is 512 g/mol. The molecule has 0 saturated heterocycles. The topological polar surface area (TPSA) is 41.8 Å². The van der Waals surface area contributed by atoms with Crippen molar-refractivity contribution < 1.29 is 9.07 Å². The van der Waals surface area contributed by atoms with Crippen LogP contribution in [-0.4, -0.2) is 25.3 Å². The van der Waals surface area contributed by atoms with Crippen LogP contribution in [0.2, 0.25) is 0 Å². The van der Waals surface area contributed by atoms with E-state index in [1.165, 1.54) is 41.7 Å². The lowest BCUT2D eigenvalue weighted by molar-refractivity contribution is -0.124. The van der Waals surface area contributed by atoms with Gasteiger partial charge in [0.25, 0.3) is 0 Å². The van der Waals surface area contributed by atoms with Crippen LogP contribution in [0.4, 0.5) is 0 Å². The molecule has 3 heteroatoms. The second-order valence-corrected chi connectivity index (χ2v) is 11.5. The number of carbonyl (C=O) groups excluding carboxylic acids is 1. The highest BCUT2D eigenvalue weighted by molar-refractivity contribution is 5.82. The standard InChI is InChI=1S/C32H48N2O.C2H6.3H2/c1-7-26(19-28-12-8-9-14-29(28)22(2)3)31(35)18-25-11-10-13-27(16-15-25)32-30(21-33-6)24(5)17-23(4)20-34-32;1-2;;;/h8-9,12,14,20-27H,7,10-11,13,15-19H2,1-6H3;1-2H3;3*1H/t23?,24?,25-,26+,27?;;;;/m1..../s1. The Balaban J connectivity index is 0. The van der Waals surface area contributed by atoms with Crippen molar-refractivity contribution in [2.45, 2.75) is 112 Å². The summed E-state index contributed by atoms with van der Waals surface area (Å²) < 4.78 is 0. The first-order chi connectivity index (χ1) is 17.8. The van der Waals surface area contributed by atoms with Crippen molar-refractivity contribution in [2.75, 3.05) is 7.05 Å². The number of hydrogen-bond acceptors (Lipinski definition) is 3. The molecule has 1 heterocycles. The highest BCUT2D eigenvalue weighted by atomic mass is 16.1. The van der Waals surface area contributed by atoms with E-state index in [2.05, 4.69) is 76.3 Å². The molecule has 1 aromatic rings. The van der Waals surface area contributed by atoms with Gasteiger partial charge in [0, 0.05) is 47.7 Å². The number of benzene rings is 1. The third-order valence-corrected chi connectivity index (χ3v) is 8.34. The highest BCUT2D eigenvalue weighted by Crippen LogP contribution is 2.38. The fourth-order valence-electron chi connectivity index (χ4n) is 6.30. The minimum atomic E-state index is 0. The van der Waals surface area contributed by atoms with Crippen LogP contribution in [0.5, 0.6) is 0 Å². The zero-order valence-electron chi connectivity index (χ0n) is 25.1. The molecule has 1 aromatic carbocycles. The predicted octanol–water partition coefficient (Wildman–Crippen LogP) is 10.00. The van der Waals surface area contributed by atoms with E-state index >= 15 is 0 Å². The third kappa shape index (κ3) is 9.04. The largest absolute Gasteiger partial charge is 0.299 e. The van der Waals surface area contributed by atoms with E-state index in [4.69, 9.17) is 4.99 Å². The predicted molar refractivity (Wildman–Crippen MR) is 168 cm³/mol. The van der Waals surface area contributed by atoms with Gasteiger partial charge < -0.3 is 0 Å². The van der Waals surface area contributed by atoms with Gasteiger partial charge in [0.15, 0.2) is 0 Å². The highest BCUT2D eigenvalue weighted by Gasteiger charge is 2.29. The van der Waals surface area contributed by atoms with Crippen LogP contribution in [0, 0.1) is 29.6 Å². The fraction of sp³-hybridized carbons (Fsp3) is 0.676. The van der Waals surface area contributed by atoms with Gasteiger partial charge in [-0.15, -0.1) is 0 Å². The van der Waals surface area contributed by atoms with Gasteiger partial charge in [-0.05, 0) is 78.9 Å². The summed E-state index contributed by atoms with van der Waals surface area (Å²) in [6.07, 6.45) is 13.7. The van der Waals surface area contributed by atoms with Gasteiger partial charge in [-0.3, -0.25) is 14.8 Å². The van der Waals surface area contributed by atoms with Crippen LogP contribution < -0.4 is 0 Å². The number of ketones is 1. The fourth-order valence-corrected chi connectivity index (χ4v) is 6.30. The number of aliphatic imine (C=N–C) groups is 2. The van der Waals surface area contributed by atoms with Crippen LogP contribution in [0.25, 0.3) is 0 Å². The van der Waals surface area contributed by atoms with Gasteiger partial charge in [0.1, 0.15) is 5.78 Å². The van der Waals surface area contributed by atoms with Crippen molar-refractivity contribution in [3.05, 3.63) is 46.7 Å². The summed E-state index contributed by atoms with van der Waals surface area (Å²) in [6.45, 7) is 15.3. The number of allylic oxidation sites excluding steroid dienone is 2. The molecule has 5 atom stereocenters. The lowest BCUT2D eigenvalue weighted by Crippen LogP contribution is -2.20. The van der Waals surface area contributed by atoms with Gasteiger partial charge in [-0.1, -0.05) is 85.6 Å². The minimum absolute atomic E-state index is 0. The molecule has 0 amide bonds. The van der Waals surface area contributed by atoms with Crippen molar-refractivity contribution in [1.82, 2.24) is 0 Å². The molecular weight excluding hydrogens is 452 g/mol. The molecule has 37 heavy (non-hydrogen) atoms. The lowest BCUT2D eigenvalue weighted by Gasteiger charge is -2.21. The molecule has 1 fully saturated rings. The Kier molecular flexibility index (Phi) is 13.5. The summed E-state index contributed by atoms with van der Waals surface area (Å²) >= 11 is 0. The summed E-state index contributed by atoms with van der Waals surface area (Å²) in [6, 6.07) is 8.69. The Morgan fingerprint density at radius 3 is 2.54 bits per heavy atom. The van der Waals surface area contributed by atoms with Gasteiger partial charge in [-0.25, -0.2) is 0 Å². The zero-order valence-corrected chi connectivity index (χ0v) is 25.1. The quantitative estimate of drug-likeness (QED) is 0.240. The smallest absolute Gasteiger partial charge is 0.136 e. The molecule has 0 aromatic heterocycles. The maximum Gasteiger partial charge on any atom is 0.136 e. The Morgan fingerprint density at radius 2 is 1.86 bits per heavy atom. The Bertz CT molecular complexity index is 941. The summed E-state index contributed by atoms with van der Waals surface area (Å²) in [5.74, 6) is 3.10. The molecule has 0 radical (unpaired) electrons. The van der Waals surface area contributed by atoms with Gasteiger partial charge in [0.2, 0.25) is 0 Å². The first-order valence-electron chi connectivity index (χ1n) is 15.1. The first kappa shape index (κ1) is 31.2. The van der Waals surface area contributed by atoms with Crippen molar-refractivity contribution in [2.24, 2.45) is 39.6 Å². The van der Waals surface area contributed by atoms with Crippen molar-refractivity contribution in [3.63, 3.8) is 0 Å². The summed E-state index contributed by atoms with van der Waals surface area (Å²) in [4.78, 5) is 22.8. The van der Waals surface area contributed by atoms with E-state index in [1.54, 1.807) is 0 Å². The molecule has 1 saturated carbocycles. The number of hydrogen-bond donors (Lipinski definition) is 0. The van der Waals surface area contributed by atoms with E-state index in [1.807, 2.05) is 20.9 Å². The van der Waals surface area contributed by atoms with Crippen LogP contribution in [0.1, 0.15) is 121 Å². The van der Waals surface area contributed by atoms with Gasteiger partial charge >= 0.3 is 0 Å². The molecule has 0 spiro atoms. The van der Waals surface area contributed by atoms with E-state index in [-0.39, 0.29) is 10.2 Å². The molecule has 2 aliphatic rings. The molecule has 0 N–H and O–H groups in total. The average Bonchev–Trinajstić information content (AvgIpc) is 3.20. The maximum absolute atomic E-state index is 13.4. The molecule has 3 rings (SSSR count). The SMILES string of the molecule is CC.CC[C@@H](Cc1ccccc1C(C)C)C(=O)C[C@@H]1CCCC(C2=C(C=NC)C(C)CC(C)C=N2)CC1.[HH].[HH].[HH]. The van der Waals surface area contributed by atoms with E-state index in [9.17, 15) is 4.79 Å². The van der Waals surface area contributed by atoms with Crippen LogP contribution in [0.15, 0.2) is 45.5 Å². The number of Topliss-reactive ketones (excluding diaryl/α,β-unsaturated/α-hetero) is 1. The lowest BCUT2D eigenvalue weighted by atomic mass is 9.83. The summed E-state index contributed by atoms with van der Waals surface area (Å²) in [7, 11) is 1.87. The Hall–Kier alpha value is -2.03. The first-order valence-corrected chi connectivity index (χ1v) is 15.1. The average molecular weight is 513 g/mol. The van der Waals surface area contributed by atoms with Gasteiger partial charge in [-0.2, -0.15) is 0 Å². The zero-order chi connectivity index (χ0) is 27.4. The van der Waals surface area contributed by atoms with E-state index in [0.29, 0.717) is 35.4 Å². The summed E-state index contributed by atoms with van der Waals surface area (Å²) in [5.41, 5.74) is 5.36. The molecule has 3 unspecified atom stereocenters. The Morgan fingerprint density at radius 1 is 1.14 bits per heavy atom. The maximum atomic E-state index is 13.4. The van der Waals surface area contributed by atoms with E-state index in [0.717, 1.165) is 38.5 Å². The van der Waals surface area contributed by atoms with Crippen molar-refractivity contribution >= 4 is 18.2 Å². The molecular formula is C34H60N2O. The molecule has 1 aliphatic carbocycles. The minimum Gasteiger partial charge on any atom is -0.299 e. The summed E-state index contributed by atoms with van der Waals surface area (Å²) in [5, 5.41) is 0. The molecule has 3 nitrogen and oxygen atoms in total. The van der Waals surface area contributed by atoms with Crippen LogP contribution in [-0.2, 0) is 11.2 Å². The molecule has 1 aliphatic heterocycles. The van der Waals surface area contributed by atoms with Crippen molar-refractivity contribution in [3.8, 4) is 0 Å². The second kappa shape index (κ2) is 16.0. The number of rotatable bonds is 9. The van der Waals surface area contributed by atoms with Crippen molar-refractivity contribution in [1.29, 1.82) is 0 Å². The molecule has 212 valence electrons. The molecule has 0 bridgehead atoms. The van der Waals surface area contributed by atoms with Crippen LogP contribution in [0.3, 0.4) is 0 Å². The number of carbonyl (C=O) groups is 1. The van der Waals surface area contributed by atoms with Crippen LogP contribution >= 0.6 is 0 Å². The third-order valence-electron chi connectivity index (χ3n) is 8.34.